The lowest BCUT2D eigenvalue weighted by molar-refractivity contribution is 0.0681. The van der Waals surface area contributed by atoms with Gasteiger partial charge in [-0.2, -0.15) is 0 Å². The number of alkyl halides is 2. The van der Waals surface area contributed by atoms with Crippen LogP contribution in [0.25, 0.3) is 0 Å². The fourth-order valence-electron chi connectivity index (χ4n) is 0.966. The molecule has 0 saturated carbocycles. The van der Waals surface area contributed by atoms with Crippen molar-refractivity contribution in [3.8, 4) is 5.75 Å². The zero-order valence-corrected chi connectivity index (χ0v) is 9.66. The van der Waals surface area contributed by atoms with Crippen molar-refractivity contribution in [2.24, 2.45) is 0 Å². The molecular formula is C8H6F2INO3. The van der Waals surface area contributed by atoms with E-state index in [1.165, 1.54) is 7.11 Å². The summed E-state index contributed by atoms with van der Waals surface area (Å²) in [4.78, 5) is 14.2. The summed E-state index contributed by atoms with van der Waals surface area (Å²) in [6, 6.07) is 1.04. The summed E-state index contributed by atoms with van der Waals surface area (Å²) in [7, 11) is 1.31. The van der Waals surface area contributed by atoms with Gasteiger partial charge in [0, 0.05) is 0 Å². The Hall–Kier alpha value is -0.990. The molecule has 1 aromatic rings. The summed E-state index contributed by atoms with van der Waals surface area (Å²) < 4.78 is 29.9. The number of methoxy groups -OCH3 is 1. The largest absolute Gasteiger partial charge is 0.494 e. The number of carboxylic acid groups (broad SMARTS) is 1. The predicted octanol–water partition coefficient (Wildman–Crippen LogP) is 2.33. The van der Waals surface area contributed by atoms with E-state index < -0.39 is 23.7 Å². The number of aromatic carboxylic acids is 1. The van der Waals surface area contributed by atoms with Crippen LogP contribution in [0.4, 0.5) is 8.78 Å². The number of carboxylic acids is 1. The van der Waals surface area contributed by atoms with Crippen molar-refractivity contribution in [1.29, 1.82) is 0 Å². The van der Waals surface area contributed by atoms with E-state index >= 15 is 0 Å². The SMILES string of the molecule is COc1cc(C(=O)O)c(C(F)F)nc1I. The zero-order valence-electron chi connectivity index (χ0n) is 7.50. The van der Waals surface area contributed by atoms with E-state index in [0.717, 1.165) is 6.07 Å². The van der Waals surface area contributed by atoms with Crippen molar-refractivity contribution in [1.82, 2.24) is 4.98 Å². The van der Waals surface area contributed by atoms with Crippen LogP contribution in [0.2, 0.25) is 0 Å². The smallest absolute Gasteiger partial charge is 0.337 e. The van der Waals surface area contributed by atoms with Crippen molar-refractivity contribution in [3.05, 3.63) is 21.0 Å². The Labute approximate surface area is 97.4 Å². The van der Waals surface area contributed by atoms with E-state index in [1.54, 1.807) is 22.6 Å². The number of rotatable bonds is 3. The lowest BCUT2D eigenvalue weighted by Crippen LogP contribution is -2.08. The van der Waals surface area contributed by atoms with Crippen LogP contribution < -0.4 is 4.74 Å². The second kappa shape index (κ2) is 4.69. The van der Waals surface area contributed by atoms with Crippen LogP contribution >= 0.6 is 22.6 Å². The van der Waals surface area contributed by atoms with Gasteiger partial charge in [0.15, 0.2) is 5.75 Å². The third-order valence-electron chi connectivity index (χ3n) is 1.63. The highest BCUT2D eigenvalue weighted by Gasteiger charge is 2.22. The first-order chi connectivity index (χ1) is 6.97. The van der Waals surface area contributed by atoms with Crippen molar-refractivity contribution in [2.75, 3.05) is 7.11 Å². The molecule has 0 radical (unpaired) electrons. The molecule has 0 amide bonds. The standard InChI is InChI=1S/C8H6F2INO3/c1-15-4-2-3(8(13)14)5(6(9)10)12-7(4)11/h2,6H,1H3,(H,13,14). The number of halogens is 3. The van der Waals surface area contributed by atoms with Gasteiger partial charge in [0.25, 0.3) is 6.43 Å². The van der Waals surface area contributed by atoms with Crippen molar-refractivity contribution in [2.45, 2.75) is 6.43 Å². The van der Waals surface area contributed by atoms with E-state index in [2.05, 4.69) is 4.98 Å². The molecule has 7 heteroatoms. The molecule has 0 atom stereocenters. The lowest BCUT2D eigenvalue weighted by Gasteiger charge is -2.08. The van der Waals surface area contributed by atoms with Gasteiger partial charge in [-0.15, -0.1) is 0 Å². The van der Waals surface area contributed by atoms with E-state index in [-0.39, 0.29) is 9.45 Å². The van der Waals surface area contributed by atoms with Crippen LogP contribution in [0.3, 0.4) is 0 Å². The second-order valence-corrected chi connectivity index (χ2v) is 3.54. The number of aromatic nitrogens is 1. The highest BCUT2D eigenvalue weighted by molar-refractivity contribution is 14.1. The maximum absolute atomic E-state index is 12.4. The first-order valence-electron chi connectivity index (χ1n) is 3.73. The zero-order chi connectivity index (χ0) is 11.6. The molecule has 4 nitrogen and oxygen atoms in total. The molecule has 0 aliphatic carbocycles. The summed E-state index contributed by atoms with van der Waals surface area (Å²) in [6.45, 7) is 0. The minimum atomic E-state index is -2.92. The maximum Gasteiger partial charge on any atom is 0.337 e. The summed E-state index contributed by atoms with van der Waals surface area (Å²) in [5.41, 5.74) is -1.28. The fourth-order valence-corrected chi connectivity index (χ4v) is 1.60. The minimum absolute atomic E-state index is 0.164. The highest BCUT2D eigenvalue weighted by atomic mass is 127. The Morgan fingerprint density at radius 3 is 2.67 bits per heavy atom. The fraction of sp³-hybridized carbons (Fsp3) is 0.250. The van der Waals surface area contributed by atoms with Crippen LogP contribution in [0, 0.1) is 3.70 Å². The van der Waals surface area contributed by atoms with Crippen LogP contribution in [0.5, 0.6) is 5.75 Å². The predicted molar refractivity (Wildman–Crippen MR) is 55.4 cm³/mol. The summed E-state index contributed by atoms with van der Waals surface area (Å²) in [5, 5.41) is 8.69. The number of hydrogen-bond acceptors (Lipinski definition) is 3. The Morgan fingerprint density at radius 1 is 1.67 bits per heavy atom. The maximum atomic E-state index is 12.4. The third-order valence-corrected chi connectivity index (χ3v) is 2.40. The molecule has 1 rings (SSSR count). The van der Waals surface area contributed by atoms with Gasteiger partial charge in [0.2, 0.25) is 0 Å². The van der Waals surface area contributed by atoms with Gasteiger partial charge in [-0.1, -0.05) is 0 Å². The van der Waals surface area contributed by atoms with Gasteiger partial charge in [-0.25, -0.2) is 18.6 Å². The topological polar surface area (TPSA) is 59.4 Å². The number of pyridine rings is 1. The molecule has 0 aliphatic heterocycles. The highest BCUT2D eigenvalue weighted by Crippen LogP contribution is 2.27. The quantitative estimate of drug-likeness (QED) is 0.683. The normalized spacial score (nSPS) is 10.5. The van der Waals surface area contributed by atoms with Gasteiger partial charge in [0.1, 0.15) is 9.39 Å². The molecule has 0 spiro atoms. The average Bonchev–Trinajstić information content (AvgIpc) is 2.16. The van der Waals surface area contributed by atoms with E-state index in [4.69, 9.17) is 9.84 Å². The molecule has 0 saturated heterocycles. The monoisotopic (exact) mass is 329 g/mol. The van der Waals surface area contributed by atoms with Crippen LogP contribution in [-0.4, -0.2) is 23.2 Å². The van der Waals surface area contributed by atoms with Crippen LogP contribution in [0.15, 0.2) is 6.07 Å². The molecule has 1 heterocycles. The molecule has 0 bridgehead atoms. The van der Waals surface area contributed by atoms with Gasteiger partial charge in [0.05, 0.1) is 12.7 Å². The Bertz CT molecular complexity index is 398. The summed E-state index contributed by atoms with van der Waals surface area (Å²) >= 11 is 1.70. The van der Waals surface area contributed by atoms with Crippen molar-refractivity contribution in [3.63, 3.8) is 0 Å². The van der Waals surface area contributed by atoms with Gasteiger partial charge in [-0.3, -0.25) is 0 Å². The van der Waals surface area contributed by atoms with Gasteiger partial charge in [-0.05, 0) is 28.7 Å². The van der Waals surface area contributed by atoms with Gasteiger partial charge >= 0.3 is 5.97 Å². The molecule has 0 aromatic carbocycles. The van der Waals surface area contributed by atoms with Gasteiger partial charge < -0.3 is 9.84 Å². The number of ether oxygens (including phenoxy) is 1. The molecule has 0 unspecified atom stereocenters. The Balaban J connectivity index is 3.39. The number of nitrogens with zero attached hydrogens (tertiary/aromatic N) is 1. The second-order valence-electron chi connectivity index (χ2n) is 2.52. The molecule has 0 fully saturated rings. The number of hydrogen-bond donors (Lipinski definition) is 1. The molecule has 0 aliphatic rings. The minimum Gasteiger partial charge on any atom is -0.494 e. The first kappa shape index (κ1) is 12.1. The average molecular weight is 329 g/mol. The molecular weight excluding hydrogens is 323 g/mol. The van der Waals surface area contributed by atoms with Crippen molar-refractivity contribution >= 4 is 28.6 Å². The molecule has 82 valence electrons. The molecule has 1 N–H and O–H groups in total. The van der Waals surface area contributed by atoms with Crippen LogP contribution in [0.1, 0.15) is 22.5 Å². The third kappa shape index (κ3) is 2.52. The molecule has 15 heavy (non-hydrogen) atoms. The Kier molecular flexibility index (Phi) is 3.77. The summed E-state index contributed by atoms with van der Waals surface area (Å²) in [6.07, 6.45) is -2.92. The van der Waals surface area contributed by atoms with E-state index in [1.807, 2.05) is 0 Å². The van der Waals surface area contributed by atoms with E-state index in [0.29, 0.717) is 0 Å². The first-order valence-corrected chi connectivity index (χ1v) is 4.81. The lowest BCUT2D eigenvalue weighted by atomic mass is 10.2. The Morgan fingerprint density at radius 2 is 2.27 bits per heavy atom. The van der Waals surface area contributed by atoms with Crippen molar-refractivity contribution < 1.29 is 23.4 Å². The number of carbonyl (C=O) groups is 1. The molecule has 1 aromatic heterocycles. The summed E-state index contributed by atoms with van der Waals surface area (Å²) in [5.74, 6) is -1.29. The van der Waals surface area contributed by atoms with E-state index in [9.17, 15) is 13.6 Å². The van der Waals surface area contributed by atoms with Crippen LogP contribution in [-0.2, 0) is 0 Å².